The molecule has 5 nitrogen and oxygen atoms in total. The van der Waals surface area contributed by atoms with Gasteiger partial charge >= 0.3 is 12.1 Å². The Morgan fingerprint density at radius 2 is 1.92 bits per heavy atom. The molecule has 1 aromatic rings. The first-order valence-corrected chi connectivity index (χ1v) is 7.43. The van der Waals surface area contributed by atoms with Crippen molar-refractivity contribution in [2.75, 3.05) is 18.4 Å². The molecule has 2 N–H and O–H groups in total. The van der Waals surface area contributed by atoms with Crippen LogP contribution in [-0.4, -0.2) is 37.2 Å². The zero-order valence-electron chi connectivity index (χ0n) is 13.8. The molecule has 8 heteroatoms. The van der Waals surface area contributed by atoms with E-state index < -0.39 is 30.7 Å². The van der Waals surface area contributed by atoms with Crippen LogP contribution in [-0.2, 0) is 14.3 Å². The summed E-state index contributed by atoms with van der Waals surface area (Å²) in [7, 11) is 0. The molecule has 0 aromatic heterocycles. The average molecular weight is 346 g/mol. The number of esters is 1. The van der Waals surface area contributed by atoms with Gasteiger partial charge in [-0.15, -0.1) is 0 Å². The summed E-state index contributed by atoms with van der Waals surface area (Å²) < 4.78 is 40.7. The number of ether oxygens (including phenoxy) is 1. The van der Waals surface area contributed by atoms with E-state index in [2.05, 4.69) is 10.6 Å². The molecule has 0 spiro atoms. The van der Waals surface area contributed by atoms with Gasteiger partial charge in [0.1, 0.15) is 0 Å². The Balaban J connectivity index is 2.39. The first-order valence-electron chi connectivity index (χ1n) is 7.43. The Morgan fingerprint density at radius 3 is 2.50 bits per heavy atom. The van der Waals surface area contributed by atoms with Gasteiger partial charge < -0.3 is 15.4 Å². The summed E-state index contributed by atoms with van der Waals surface area (Å²) in [4.78, 5) is 23.5. The molecule has 1 rings (SSSR count). The molecule has 1 aromatic carbocycles. The predicted octanol–water partition coefficient (Wildman–Crippen LogP) is 2.72. The smallest absolute Gasteiger partial charge is 0.401 e. The van der Waals surface area contributed by atoms with Gasteiger partial charge in [0.15, 0.2) is 6.10 Å². The van der Waals surface area contributed by atoms with E-state index in [-0.39, 0.29) is 13.0 Å². The molecule has 1 atom stereocenters. The van der Waals surface area contributed by atoms with Crippen LogP contribution in [0.3, 0.4) is 0 Å². The molecule has 1 amide bonds. The Bertz CT molecular complexity index is 588. The van der Waals surface area contributed by atoms with Gasteiger partial charge in [0.25, 0.3) is 5.91 Å². The van der Waals surface area contributed by atoms with Gasteiger partial charge in [-0.2, -0.15) is 13.2 Å². The SMILES string of the molecule is Cc1ccc(NC(=O)[C@@H](C)OC(=O)CCNCC(F)(F)F)c(C)c1. The lowest BCUT2D eigenvalue weighted by molar-refractivity contribution is -0.153. The van der Waals surface area contributed by atoms with E-state index >= 15 is 0 Å². The number of halogens is 3. The zero-order valence-corrected chi connectivity index (χ0v) is 13.8. The molecule has 24 heavy (non-hydrogen) atoms. The molecular formula is C16H21F3N2O3. The molecule has 0 heterocycles. The summed E-state index contributed by atoms with van der Waals surface area (Å²) in [5.74, 6) is -1.24. The van der Waals surface area contributed by atoms with Gasteiger partial charge in [0, 0.05) is 12.2 Å². The fourth-order valence-corrected chi connectivity index (χ4v) is 1.92. The Morgan fingerprint density at radius 1 is 1.25 bits per heavy atom. The summed E-state index contributed by atoms with van der Waals surface area (Å²) >= 11 is 0. The molecule has 0 saturated heterocycles. The van der Waals surface area contributed by atoms with Crippen molar-refractivity contribution in [1.29, 1.82) is 0 Å². The number of carbonyl (C=O) groups is 2. The van der Waals surface area contributed by atoms with Crippen molar-refractivity contribution < 1.29 is 27.5 Å². The third-order valence-corrected chi connectivity index (χ3v) is 3.15. The second-order valence-corrected chi connectivity index (χ2v) is 5.48. The summed E-state index contributed by atoms with van der Waals surface area (Å²) in [6, 6.07) is 5.49. The molecule has 0 bridgehead atoms. The van der Waals surface area contributed by atoms with Gasteiger partial charge in [-0.25, -0.2) is 0 Å². The summed E-state index contributed by atoms with van der Waals surface area (Å²) in [6.07, 6.45) is -5.62. The maximum atomic E-state index is 12.0. The topological polar surface area (TPSA) is 67.4 Å². The fourth-order valence-electron chi connectivity index (χ4n) is 1.92. The monoisotopic (exact) mass is 346 g/mol. The van der Waals surface area contributed by atoms with Gasteiger partial charge in [-0.3, -0.25) is 9.59 Å². The second kappa shape index (κ2) is 8.68. The third-order valence-electron chi connectivity index (χ3n) is 3.15. The van der Waals surface area contributed by atoms with Gasteiger partial charge in [-0.05, 0) is 32.4 Å². The van der Waals surface area contributed by atoms with E-state index in [1.54, 1.807) is 6.07 Å². The van der Waals surface area contributed by atoms with Crippen molar-refractivity contribution in [2.45, 2.75) is 39.5 Å². The number of aryl methyl sites for hydroxylation is 2. The number of benzene rings is 1. The van der Waals surface area contributed by atoms with Crippen LogP contribution in [0.25, 0.3) is 0 Å². The van der Waals surface area contributed by atoms with Crippen LogP contribution < -0.4 is 10.6 Å². The molecular weight excluding hydrogens is 325 g/mol. The maximum absolute atomic E-state index is 12.0. The lowest BCUT2D eigenvalue weighted by atomic mass is 10.1. The van der Waals surface area contributed by atoms with E-state index in [1.807, 2.05) is 26.0 Å². The van der Waals surface area contributed by atoms with E-state index in [1.165, 1.54) is 6.92 Å². The lowest BCUT2D eigenvalue weighted by Crippen LogP contribution is -2.33. The highest BCUT2D eigenvalue weighted by Crippen LogP contribution is 2.16. The minimum atomic E-state index is -4.33. The number of hydrogen-bond donors (Lipinski definition) is 2. The Hall–Kier alpha value is -2.09. The highest BCUT2D eigenvalue weighted by atomic mass is 19.4. The first-order chi connectivity index (χ1) is 11.1. The number of hydrogen-bond acceptors (Lipinski definition) is 4. The third kappa shape index (κ3) is 7.45. The van der Waals surface area contributed by atoms with Crippen molar-refractivity contribution in [2.24, 2.45) is 0 Å². The molecule has 134 valence electrons. The molecule has 0 aliphatic rings. The average Bonchev–Trinajstić information content (AvgIpc) is 2.45. The van der Waals surface area contributed by atoms with E-state index in [9.17, 15) is 22.8 Å². The summed E-state index contributed by atoms with van der Waals surface area (Å²) in [6.45, 7) is 3.81. The quantitative estimate of drug-likeness (QED) is 0.588. The molecule has 0 fully saturated rings. The minimum Gasteiger partial charge on any atom is -0.452 e. The highest BCUT2D eigenvalue weighted by molar-refractivity contribution is 5.95. The second-order valence-electron chi connectivity index (χ2n) is 5.48. The number of anilines is 1. The molecule has 0 radical (unpaired) electrons. The van der Waals surface area contributed by atoms with Crippen LogP contribution in [0.4, 0.5) is 18.9 Å². The van der Waals surface area contributed by atoms with Gasteiger partial charge in [-0.1, -0.05) is 17.7 Å². The molecule has 0 aliphatic heterocycles. The van der Waals surface area contributed by atoms with E-state index in [0.717, 1.165) is 11.1 Å². The fraction of sp³-hybridized carbons (Fsp3) is 0.500. The van der Waals surface area contributed by atoms with Crippen LogP contribution in [0.5, 0.6) is 0 Å². The normalized spacial score (nSPS) is 12.6. The van der Waals surface area contributed by atoms with Crippen molar-refractivity contribution in [3.05, 3.63) is 29.3 Å². The van der Waals surface area contributed by atoms with Gasteiger partial charge in [0.05, 0.1) is 13.0 Å². The number of alkyl halides is 3. The molecule has 0 unspecified atom stereocenters. The van der Waals surface area contributed by atoms with Crippen LogP contribution in [0.1, 0.15) is 24.5 Å². The van der Waals surface area contributed by atoms with E-state index in [0.29, 0.717) is 5.69 Å². The number of rotatable bonds is 7. The van der Waals surface area contributed by atoms with Crippen molar-refractivity contribution in [1.82, 2.24) is 5.32 Å². The Kier molecular flexibility index (Phi) is 7.21. The highest BCUT2D eigenvalue weighted by Gasteiger charge is 2.26. The molecule has 0 aliphatic carbocycles. The van der Waals surface area contributed by atoms with Crippen molar-refractivity contribution >= 4 is 17.6 Å². The van der Waals surface area contributed by atoms with Gasteiger partial charge in [0.2, 0.25) is 0 Å². The van der Waals surface area contributed by atoms with Crippen molar-refractivity contribution in [3.63, 3.8) is 0 Å². The zero-order chi connectivity index (χ0) is 18.3. The Labute approximate surface area is 138 Å². The minimum absolute atomic E-state index is 0.177. The molecule has 0 saturated carbocycles. The van der Waals surface area contributed by atoms with Crippen LogP contribution in [0.2, 0.25) is 0 Å². The first kappa shape index (κ1) is 20.0. The number of carbonyl (C=O) groups excluding carboxylic acids is 2. The summed E-state index contributed by atoms with van der Waals surface area (Å²) in [5, 5.41) is 4.73. The summed E-state index contributed by atoms with van der Waals surface area (Å²) in [5.41, 5.74) is 2.54. The lowest BCUT2D eigenvalue weighted by Gasteiger charge is -2.15. The largest absolute Gasteiger partial charge is 0.452 e. The van der Waals surface area contributed by atoms with Crippen LogP contribution in [0.15, 0.2) is 18.2 Å². The maximum Gasteiger partial charge on any atom is 0.401 e. The van der Waals surface area contributed by atoms with Crippen LogP contribution >= 0.6 is 0 Å². The van der Waals surface area contributed by atoms with E-state index in [4.69, 9.17) is 4.74 Å². The number of nitrogens with one attached hydrogen (secondary N) is 2. The van der Waals surface area contributed by atoms with Crippen molar-refractivity contribution in [3.8, 4) is 0 Å². The van der Waals surface area contributed by atoms with Crippen LogP contribution in [0, 0.1) is 13.8 Å². The number of amides is 1. The standard InChI is InChI=1S/C16H21F3N2O3/c1-10-4-5-13(11(2)8-10)21-15(23)12(3)24-14(22)6-7-20-9-16(17,18)19/h4-5,8,12,20H,6-7,9H2,1-3H3,(H,21,23)/t12-/m1/s1. The predicted molar refractivity (Wildman–Crippen MR) is 83.6 cm³/mol.